The molecule has 0 radical (unpaired) electrons. The molecule has 0 saturated carbocycles. The van der Waals surface area contributed by atoms with Crippen molar-refractivity contribution in [3.8, 4) is 0 Å². The maximum absolute atomic E-state index is 11.0. The topological polar surface area (TPSA) is 40.5 Å². The van der Waals surface area contributed by atoms with Gasteiger partial charge in [-0.1, -0.05) is 24.8 Å². The second-order valence-corrected chi connectivity index (χ2v) is 3.56. The van der Waals surface area contributed by atoms with E-state index in [1.54, 1.807) is 12.1 Å². The minimum atomic E-state index is -0.947. The molecule has 3 heteroatoms. The van der Waals surface area contributed by atoms with Crippen LogP contribution >= 0.6 is 0 Å². The molecule has 1 aromatic rings. The smallest absolute Gasteiger partial charge is 0.336 e. The Morgan fingerprint density at radius 1 is 1.31 bits per heavy atom. The third-order valence-electron chi connectivity index (χ3n) is 2.21. The highest BCUT2D eigenvalue weighted by Crippen LogP contribution is 2.19. The lowest BCUT2D eigenvalue weighted by atomic mass is 10.1. The van der Waals surface area contributed by atoms with E-state index in [0.717, 1.165) is 5.69 Å². The van der Waals surface area contributed by atoms with Gasteiger partial charge in [0.1, 0.15) is 0 Å². The quantitative estimate of drug-likeness (QED) is 0.622. The van der Waals surface area contributed by atoms with Crippen LogP contribution in [0.1, 0.15) is 5.56 Å². The predicted molar refractivity (Wildman–Crippen MR) is 66.6 cm³/mol. The van der Waals surface area contributed by atoms with Crippen LogP contribution in [0, 0.1) is 0 Å². The summed E-state index contributed by atoms with van der Waals surface area (Å²) < 4.78 is 0. The van der Waals surface area contributed by atoms with E-state index in [9.17, 15) is 4.79 Å². The van der Waals surface area contributed by atoms with Crippen molar-refractivity contribution in [1.82, 2.24) is 0 Å². The van der Waals surface area contributed by atoms with Gasteiger partial charge in [-0.05, 0) is 23.8 Å². The van der Waals surface area contributed by atoms with Gasteiger partial charge < -0.3 is 10.0 Å². The number of aliphatic carboxylic acids is 1. The molecule has 0 spiro atoms. The molecule has 0 fully saturated rings. The number of allylic oxidation sites excluding steroid dienone is 2. The molecule has 0 heterocycles. The second kappa shape index (κ2) is 5.16. The van der Waals surface area contributed by atoms with Crippen LogP contribution in [0.15, 0.2) is 43.0 Å². The number of carbonyl (C=O) groups is 1. The van der Waals surface area contributed by atoms with Crippen LogP contribution in [-0.2, 0) is 4.79 Å². The summed E-state index contributed by atoms with van der Waals surface area (Å²) in [5.41, 5.74) is 1.96. The van der Waals surface area contributed by atoms with Gasteiger partial charge in [0.15, 0.2) is 0 Å². The van der Waals surface area contributed by atoms with Crippen LogP contribution in [0.25, 0.3) is 5.57 Å². The lowest BCUT2D eigenvalue weighted by Crippen LogP contribution is -2.08. The van der Waals surface area contributed by atoms with Gasteiger partial charge in [0, 0.05) is 19.8 Å². The number of hydrogen-bond acceptors (Lipinski definition) is 2. The Labute approximate surface area is 95.3 Å². The Morgan fingerprint density at radius 2 is 1.88 bits per heavy atom. The lowest BCUT2D eigenvalue weighted by Gasteiger charge is -2.12. The third-order valence-corrected chi connectivity index (χ3v) is 2.21. The first kappa shape index (κ1) is 12.0. The van der Waals surface area contributed by atoms with Crippen molar-refractivity contribution >= 4 is 17.2 Å². The van der Waals surface area contributed by atoms with E-state index in [1.807, 2.05) is 31.1 Å². The van der Waals surface area contributed by atoms with Crippen LogP contribution < -0.4 is 4.90 Å². The van der Waals surface area contributed by atoms with E-state index < -0.39 is 5.97 Å². The molecule has 0 aliphatic heterocycles. The Hall–Kier alpha value is -2.03. The van der Waals surface area contributed by atoms with Gasteiger partial charge in [-0.3, -0.25) is 0 Å². The van der Waals surface area contributed by atoms with Crippen molar-refractivity contribution in [2.75, 3.05) is 19.0 Å². The maximum Gasteiger partial charge on any atom is 0.336 e. The van der Waals surface area contributed by atoms with E-state index in [0.29, 0.717) is 5.56 Å². The number of carboxylic acid groups (broad SMARTS) is 1. The molecular formula is C13H15NO2. The first-order valence-corrected chi connectivity index (χ1v) is 4.90. The fourth-order valence-electron chi connectivity index (χ4n) is 1.35. The van der Waals surface area contributed by atoms with Crippen molar-refractivity contribution in [3.63, 3.8) is 0 Å². The summed E-state index contributed by atoms with van der Waals surface area (Å²) in [5, 5.41) is 9.01. The summed E-state index contributed by atoms with van der Waals surface area (Å²) >= 11 is 0. The Morgan fingerprint density at radius 3 is 2.25 bits per heavy atom. The molecule has 0 unspecified atom stereocenters. The SMILES string of the molecule is C=C/C=C(/C(=O)O)c1ccc(N(C)C)cc1. The van der Waals surface area contributed by atoms with Crippen molar-refractivity contribution < 1.29 is 9.90 Å². The van der Waals surface area contributed by atoms with Crippen molar-refractivity contribution in [2.24, 2.45) is 0 Å². The molecule has 1 rings (SSSR count). The highest BCUT2D eigenvalue weighted by Gasteiger charge is 2.08. The predicted octanol–water partition coefficient (Wildman–Crippen LogP) is 2.41. The molecule has 0 bridgehead atoms. The standard InChI is InChI=1S/C13H15NO2/c1-4-5-12(13(15)16)10-6-8-11(9-7-10)14(2)3/h4-9H,1H2,2-3H3,(H,15,16)/b12-5+. The molecule has 0 aliphatic carbocycles. The molecule has 0 aliphatic rings. The number of nitrogens with zero attached hydrogens (tertiary/aromatic N) is 1. The van der Waals surface area contributed by atoms with E-state index in [4.69, 9.17) is 5.11 Å². The number of hydrogen-bond donors (Lipinski definition) is 1. The van der Waals surface area contributed by atoms with Crippen molar-refractivity contribution in [2.45, 2.75) is 0 Å². The third kappa shape index (κ3) is 2.73. The van der Waals surface area contributed by atoms with Gasteiger partial charge in [0.25, 0.3) is 0 Å². The van der Waals surface area contributed by atoms with Gasteiger partial charge in [0.2, 0.25) is 0 Å². The van der Waals surface area contributed by atoms with Crippen LogP contribution in [0.5, 0.6) is 0 Å². The Kier molecular flexibility index (Phi) is 3.89. The van der Waals surface area contributed by atoms with Gasteiger partial charge in [-0.25, -0.2) is 4.79 Å². The fraction of sp³-hybridized carbons (Fsp3) is 0.154. The minimum Gasteiger partial charge on any atom is -0.478 e. The van der Waals surface area contributed by atoms with E-state index in [2.05, 4.69) is 6.58 Å². The molecule has 84 valence electrons. The first-order valence-electron chi connectivity index (χ1n) is 4.90. The monoisotopic (exact) mass is 217 g/mol. The van der Waals surface area contributed by atoms with Gasteiger partial charge >= 0.3 is 5.97 Å². The van der Waals surface area contributed by atoms with Gasteiger partial charge in [-0.2, -0.15) is 0 Å². The van der Waals surface area contributed by atoms with Gasteiger partial charge in [-0.15, -0.1) is 0 Å². The summed E-state index contributed by atoms with van der Waals surface area (Å²) in [4.78, 5) is 12.9. The summed E-state index contributed by atoms with van der Waals surface area (Å²) in [6.45, 7) is 3.51. The van der Waals surface area contributed by atoms with Crippen LogP contribution in [-0.4, -0.2) is 25.2 Å². The Bertz CT molecular complexity index is 416. The van der Waals surface area contributed by atoms with E-state index in [1.165, 1.54) is 12.2 Å². The number of rotatable bonds is 4. The molecule has 0 saturated heterocycles. The van der Waals surface area contributed by atoms with Crippen LogP contribution in [0.4, 0.5) is 5.69 Å². The highest BCUT2D eigenvalue weighted by molar-refractivity contribution is 6.15. The highest BCUT2D eigenvalue weighted by atomic mass is 16.4. The summed E-state index contributed by atoms with van der Waals surface area (Å²) in [6, 6.07) is 7.35. The average molecular weight is 217 g/mol. The molecule has 0 aromatic heterocycles. The molecule has 0 amide bonds. The van der Waals surface area contributed by atoms with Crippen molar-refractivity contribution in [3.05, 3.63) is 48.6 Å². The normalized spacial score (nSPS) is 11.0. The number of carboxylic acids is 1. The molecule has 3 nitrogen and oxygen atoms in total. The summed E-state index contributed by atoms with van der Waals surface area (Å²) in [7, 11) is 3.87. The fourth-order valence-corrected chi connectivity index (χ4v) is 1.35. The zero-order valence-corrected chi connectivity index (χ0v) is 9.47. The molecule has 0 atom stereocenters. The second-order valence-electron chi connectivity index (χ2n) is 3.56. The first-order chi connectivity index (χ1) is 7.56. The molecular weight excluding hydrogens is 202 g/mol. The lowest BCUT2D eigenvalue weighted by molar-refractivity contribution is -0.130. The number of anilines is 1. The van der Waals surface area contributed by atoms with E-state index >= 15 is 0 Å². The van der Waals surface area contributed by atoms with Crippen LogP contribution in [0.3, 0.4) is 0 Å². The van der Waals surface area contributed by atoms with E-state index in [-0.39, 0.29) is 5.57 Å². The molecule has 1 N–H and O–H groups in total. The number of benzene rings is 1. The zero-order valence-electron chi connectivity index (χ0n) is 9.47. The summed E-state index contributed by atoms with van der Waals surface area (Å²) in [6.07, 6.45) is 2.97. The molecule has 16 heavy (non-hydrogen) atoms. The maximum atomic E-state index is 11.0. The minimum absolute atomic E-state index is 0.250. The Balaban J connectivity index is 3.08. The average Bonchev–Trinajstić information content (AvgIpc) is 2.25. The zero-order chi connectivity index (χ0) is 12.1. The van der Waals surface area contributed by atoms with Gasteiger partial charge in [0.05, 0.1) is 5.57 Å². The summed E-state index contributed by atoms with van der Waals surface area (Å²) in [5.74, 6) is -0.947. The van der Waals surface area contributed by atoms with Crippen molar-refractivity contribution in [1.29, 1.82) is 0 Å². The largest absolute Gasteiger partial charge is 0.478 e. The molecule has 1 aromatic carbocycles. The van der Waals surface area contributed by atoms with Crippen LogP contribution in [0.2, 0.25) is 0 Å².